The summed E-state index contributed by atoms with van der Waals surface area (Å²) in [6, 6.07) is 15.4. The number of nitrogens with one attached hydrogen (secondary N) is 1. The van der Waals surface area contributed by atoms with Gasteiger partial charge in [-0.05, 0) is 36.1 Å². The molecule has 0 saturated heterocycles. The Hall–Kier alpha value is -2.22. The molecule has 0 spiro atoms. The third-order valence-corrected chi connectivity index (χ3v) is 4.31. The van der Waals surface area contributed by atoms with Crippen molar-refractivity contribution in [1.82, 2.24) is 4.57 Å². The Balaban J connectivity index is 1.94. The van der Waals surface area contributed by atoms with E-state index in [1.165, 1.54) is 40.4 Å². The minimum absolute atomic E-state index is 1.14. The molecule has 2 nitrogen and oxygen atoms in total. The van der Waals surface area contributed by atoms with Gasteiger partial charge in [0, 0.05) is 36.4 Å². The lowest BCUT2D eigenvalue weighted by Gasteiger charge is -2.14. The summed E-state index contributed by atoms with van der Waals surface area (Å²) in [5, 5.41) is 4.56. The van der Waals surface area contributed by atoms with E-state index >= 15 is 0 Å². The van der Waals surface area contributed by atoms with Gasteiger partial charge in [-0.25, -0.2) is 0 Å². The van der Waals surface area contributed by atoms with Gasteiger partial charge < -0.3 is 9.88 Å². The van der Waals surface area contributed by atoms with Crippen molar-refractivity contribution in [3.63, 3.8) is 0 Å². The highest BCUT2D eigenvalue weighted by Gasteiger charge is 2.16. The molecule has 0 atom stereocenters. The van der Waals surface area contributed by atoms with Gasteiger partial charge in [0.05, 0.1) is 5.52 Å². The average Bonchev–Trinajstić information content (AvgIpc) is 2.89. The molecule has 2 heteroatoms. The number of benzene rings is 2. The highest BCUT2D eigenvalue weighted by molar-refractivity contribution is 5.98. The smallest absolute Gasteiger partial charge is 0.0519 e. The number of hydrogen-bond donors (Lipinski definition) is 1. The summed E-state index contributed by atoms with van der Waals surface area (Å²) >= 11 is 0. The van der Waals surface area contributed by atoms with Crippen molar-refractivity contribution in [2.75, 3.05) is 12.4 Å². The molecule has 100 valence electrons. The fourth-order valence-electron chi connectivity index (χ4n) is 3.30. The molecular formula is C18H18N2. The van der Waals surface area contributed by atoms with Crippen LogP contribution in [-0.4, -0.2) is 11.6 Å². The van der Waals surface area contributed by atoms with Gasteiger partial charge in [0.1, 0.15) is 0 Å². The van der Waals surface area contributed by atoms with E-state index in [9.17, 15) is 0 Å². The minimum atomic E-state index is 1.14. The highest BCUT2D eigenvalue weighted by atomic mass is 15.0. The molecule has 0 radical (unpaired) electrons. The normalized spacial score (nSPS) is 13.7. The Bertz CT molecular complexity index is 766. The topological polar surface area (TPSA) is 17.0 Å². The number of aryl methyl sites for hydroxylation is 2. The zero-order valence-corrected chi connectivity index (χ0v) is 11.7. The van der Waals surface area contributed by atoms with Crippen molar-refractivity contribution in [1.29, 1.82) is 0 Å². The second kappa shape index (κ2) is 4.41. The van der Waals surface area contributed by atoms with Crippen molar-refractivity contribution in [3.05, 3.63) is 54.2 Å². The van der Waals surface area contributed by atoms with Crippen LogP contribution in [0, 0.1) is 0 Å². The second-order valence-electron chi connectivity index (χ2n) is 5.48. The van der Waals surface area contributed by atoms with Crippen molar-refractivity contribution < 1.29 is 0 Å². The summed E-state index contributed by atoms with van der Waals surface area (Å²) in [6.45, 7) is 1.14. The van der Waals surface area contributed by atoms with Crippen molar-refractivity contribution in [2.24, 2.45) is 0 Å². The van der Waals surface area contributed by atoms with Crippen LogP contribution >= 0.6 is 0 Å². The van der Waals surface area contributed by atoms with Crippen LogP contribution in [0.2, 0.25) is 0 Å². The average molecular weight is 262 g/mol. The summed E-state index contributed by atoms with van der Waals surface area (Å²) < 4.78 is 2.43. The predicted molar refractivity (Wildman–Crippen MR) is 85.2 cm³/mol. The molecule has 4 rings (SSSR count). The van der Waals surface area contributed by atoms with Gasteiger partial charge in [-0.2, -0.15) is 0 Å². The number of anilines is 1. The molecule has 20 heavy (non-hydrogen) atoms. The van der Waals surface area contributed by atoms with Gasteiger partial charge >= 0.3 is 0 Å². The van der Waals surface area contributed by atoms with E-state index in [0.717, 1.165) is 12.2 Å². The SMILES string of the molecule is CNc1ccc(-c2cn3c4c(cccc24)CCC3)cc1. The molecule has 2 aromatic carbocycles. The van der Waals surface area contributed by atoms with E-state index in [4.69, 9.17) is 0 Å². The molecule has 3 aromatic rings. The first-order chi connectivity index (χ1) is 9.86. The van der Waals surface area contributed by atoms with Crippen LogP contribution < -0.4 is 5.32 Å². The molecule has 0 unspecified atom stereocenters. The van der Waals surface area contributed by atoms with E-state index in [2.05, 4.69) is 58.5 Å². The number of hydrogen-bond acceptors (Lipinski definition) is 1. The monoisotopic (exact) mass is 262 g/mol. The Labute approximate surface area is 119 Å². The number of aromatic nitrogens is 1. The largest absolute Gasteiger partial charge is 0.388 e. The molecule has 1 aliphatic rings. The second-order valence-corrected chi connectivity index (χ2v) is 5.48. The van der Waals surface area contributed by atoms with Gasteiger partial charge in [0.25, 0.3) is 0 Å². The standard InChI is InChI=1S/C18H18N2/c1-19-15-9-7-13(8-10-15)17-12-20-11-3-5-14-4-2-6-16(17)18(14)20/h2,4,6-10,12,19H,3,5,11H2,1H3. The maximum absolute atomic E-state index is 3.17. The van der Waals surface area contributed by atoms with Crippen LogP contribution in [0.4, 0.5) is 5.69 Å². The Morgan fingerprint density at radius 2 is 1.90 bits per heavy atom. The third-order valence-electron chi connectivity index (χ3n) is 4.31. The van der Waals surface area contributed by atoms with Crippen molar-refractivity contribution in [3.8, 4) is 11.1 Å². The molecule has 2 heterocycles. The summed E-state index contributed by atoms with van der Waals surface area (Å²) in [6.07, 6.45) is 4.78. The molecule has 0 bridgehead atoms. The van der Waals surface area contributed by atoms with Gasteiger partial charge in [-0.15, -0.1) is 0 Å². The lowest BCUT2D eigenvalue weighted by Crippen LogP contribution is -2.05. The zero-order valence-electron chi connectivity index (χ0n) is 11.7. The molecule has 0 amide bonds. The van der Waals surface area contributed by atoms with Crippen LogP contribution in [0.15, 0.2) is 48.7 Å². The summed E-state index contributed by atoms with van der Waals surface area (Å²) in [7, 11) is 1.95. The lowest BCUT2D eigenvalue weighted by molar-refractivity contribution is 0.636. The molecule has 0 fully saturated rings. The number of rotatable bonds is 2. The zero-order chi connectivity index (χ0) is 13.5. The van der Waals surface area contributed by atoms with E-state index in [1.807, 2.05) is 7.05 Å². The summed E-state index contributed by atoms with van der Waals surface area (Å²) in [5.41, 5.74) is 6.74. The molecular weight excluding hydrogens is 244 g/mol. The first-order valence-corrected chi connectivity index (χ1v) is 7.26. The van der Waals surface area contributed by atoms with Crippen LogP contribution in [0.3, 0.4) is 0 Å². The number of para-hydroxylation sites is 1. The van der Waals surface area contributed by atoms with Gasteiger partial charge in [0.15, 0.2) is 0 Å². The fraction of sp³-hybridized carbons (Fsp3) is 0.222. The van der Waals surface area contributed by atoms with Crippen LogP contribution in [0.1, 0.15) is 12.0 Å². The van der Waals surface area contributed by atoms with E-state index in [1.54, 1.807) is 0 Å². The maximum Gasteiger partial charge on any atom is 0.0519 e. The first kappa shape index (κ1) is 11.6. The predicted octanol–water partition coefficient (Wildman–Crippen LogP) is 4.30. The van der Waals surface area contributed by atoms with Crippen molar-refractivity contribution in [2.45, 2.75) is 19.4 Å². The van der Waals surface area contributed by atoms with Crippen LogP contribution in [-0.2, 0) is 13.0 Å². The quantitative estimate of drug-likeness (QED) is 0.728. The van der Waals surface area contributed by atoms with Crippen molar-refractivity contribution >= 4 is 16.6 Å². The third kappa shape index (κ3) is 1.64. The minimum Gasteiger partial charge on any atom is -0.388 e. The Kier molecular flexibility index (Phi) is 2.56. The summed E-state index contributed by atoms with van der Waals surface area (Å²) in [4.78, 5) is 0. The van der Waals surface area contributed by atoms with Crippen LogP contribution in [0.25, 0.3) is 22.0 Å². The van der Waals surface area contributed by atoms with E-state index < -0.39 is 0 Å². The molecule has 1 aromatic heterocycles. The molecule has 1 aliphatic heterocycles. The molecule has 1 N–H and O–H groups in total. The number of nitrogens with zero attached hydrogens (tertiary/aromatic N) is 1. The lowest BCUT2D eigenvalue weighted by atomic mass is 10.00. The maximum atomic E-state index is 3.17. The molecule has 0 aliphatic carbocycles. The first-order valence-electron chi connectivity index (χ1n) is 7.26. The van der Waals surface area contributed by atoms with Crippen LogP contribution in [0.5, 0.6) is 0 Å². The van der Waals surface area contributed by atoms with E-state index in [-0.39, 0.29) is 0 Å². The highest BCUT2D eigenvalue weighted by Crippen LogP contribution is 2.35. The fourth-order valence-corrected chi connectivity index (χ4v) is 3.30. The summed E-state index contributed by atoms with van der Waals surface area (Å²) in [5.74, 6) is 0. The Morgan fingerprint density at radius 1 is 1.05 bits per heavy atom. The Morgan fingerprint density at radius 3 is 2.70 bits per heavy atom. The van der Waals surface area contributed by atoms with Gasteiger partial charge in [-0.1, -0.05) is 30.3 Å². The van der Waals surface area contributed by atoms with Gasteiger partial charge in [-0.3, -0.25) is 0 Å². The van der Waals surface area contributed by atoms with Gasteiger partial charge in [0.2, 0.25) is 0 Å². The molecule has 0 saturated carbocycles. The van der Waals surface area contributed by atoms with E-state index in [0.29, 0.717) is 0 Å².